The van der Waals surface area contributed by atoms with Crippen LogP contribution in [0.15, 0.2) is 0 Å². The molecule has 0 aromatic carbocycles. The largest absolute Gasteiger partial charge is 0.0654 e. The number of rotatable bonds is 16. The fraction of sp³-hybridized carbons (Fsp3) is 1.00. The van der Waals surface area contributed by atoms with Gasteiger partial charge in [0.2, 0.25) is 0 Å². The molecule has 0 aromatic rings. The van der Waals surface area contributed by atoms with Gasteiger partial charge in [0.25, 0.3) is 0 Å². The summed E-state index contributed by atoms with van der Waals surface area (Å²) in [5.74, 6) is 7.90. The quantitative estimate of drug-likeness (QED) is 0.219. The summed E-state index contributed by atoms with van der Waals surface area (Å²) in [6.45, 7) is 20.0. The van der Waals surface area contributed by atoms with Crippen LogP contribution in [-0.2, 0) is 0 Å². The highest BCUT2D eigenvalue weighted by Crippen LogP contribution is 2.51. The minimum Gasteiger partial charge on any atom is -0.0654 e. The van der Waals surface area contributed by atoms with Crippen molar-refractivity contribution >= 4 is 0 Å². The molecule has 8 atom stereocenters. The normalized spacial score (nSPS) is 30.4. The Labute approximate surface area is 191 Å². The second-order valence-corrected chi connectivity index (χ2v) is 12.8. The number of unbranched alkanes of at least 4 members (excludes halogenated alkanes) is 2. The van der Waals surface area contributed by atoms with Crippen molar-refractivity contribution in [3.63, 3.8) is 0 Å². The zero-order valence-electron chi connectivity index (χ0n) is 22.3. The van der Waals surface area contributed by atoms with Crippen LogP contribution in [0.5, 0.6) is 0 Å². The zero-order chi connectivity index (χ0) is 22.3. The zero-order valence-corrected chi connectivity index (χ0v) is 22.3. The molecule has 0 heterocycles. The lowest BCUT2D eigenvalue weighted by Crippen LogP contribution is -2.39. The van der Waals surface area contributed by atoms with Crippen molar-refractivity contribution in [2.24, 2.45) is 52.8 Å². The van der Waals surface area contributed by atoms with E-state index in [9.17, 15) is 0 Å². The fourth-order valence-electron chi connectivity index (χ4n) is 7.04. The van der Waals surface area contributed by atoms with Crippen molar-refractivity contribution in [1.29, 1.82) is 0 Å². The molecule has 2 rings (SSSR count). The van der Waals surface area contributed by atoms with E-state index in [4.69, 9.17) is 0 Å². The molecule has 8 unspecified atom stereocenters. The first kappa shape index (κ1) is 26.3. The van der Waals surface area contributed by atoms with Gasteiger partial charge in [-0.1, -0.05) is 107 Å². The average molecular weight is 419 g/mol. The van der Waals surface area contributed by atoms with Crippen LogP contribution in [0.2, 0.25) is 0 Å². The maximum atomic E-state index is 2.60. The molecule has 2 aliphatic carbocycles. The molecule has 30 heavy (non-hydrogen) atoms. The van der Waals surface area contributed by atoms with E-state index in [-0.39, 0.29) is 0 Å². The first-order valence-electron chi connectivity index (χ1n) is 14.2. The SMILES string of the molecule is CCCCC(CCCCC(C)(C)C(C)C1CCC1CC(C)CCC)C(C)C1CC1C. The molecule has 0 saturated heterocycles. The fourth-order valence-corrected chi connectivity index (χ4v) is 7.04. The van der Waals surface area contributed by atoms with E-state index in [1.165, 1.54) is 83.5 Å². The van der Waals surface area contributed by atoms with E-state index < -0.39 is 0 Å². The molecule has 0 spiro atoms. The van der Waals surface area contributed by atoms with Gasteiger partial charge in [0.1, 0.15) is 0 Å². The monoisotopic (exact) mass is 418 g/mol. The van der Waals surface area contributed by atoms with Crippen LogP contribution in [0, 0.1) is 52.8 Å². The van der Waals surface area contributed by atoms with Gasteiger partial charge in [-0.25, -0.2) is 0 Å². The van der Waals surface area contributed by atoms with Crippen LogP contribution < -0.4 is 0 Å². The molecule has 2 saturated carbocycles. The second-order valence-electron chi connectivity index (χ2n) is 12.8. The molecule has 0 aliphatic heterocycles. The van der Waals surface area contributed by atoms with E-state index >= 15 is 0 Å². The average Bonchev–Trinajstić information content (AvgIpc) is 3.41. The van der Waals surface area contributed by atoms with Gasteiger partial charge in [-0.3, -0.25) is 0 Å². The molecule has 0 radical (unpaired) electrons. The van der Waals surface area contributed by atoms with Gasteiger partial charge in [-0.05, 0) is 84.9 Å². The Morgan fingerprint density at radius 2 is 1.50 bits per heavy atom. The van der Waals surface area contributed by atoms with Crippen LogP contribution in [0.3, 0.4) is 0 Å². The summed E-state index contributed by atoms with van der Waals surface area (Å²) >= 11 is 0. The molecule has 0 heteroatoms. The topological polar surface area (TPSA) is 0 Å². The third-order valence-electron chi connectivity index (χ3n) is 10.0. The molecule has 0 bridgehead atoms. The Morgan fingerprint density at radius 3 is 2.03 bits per heavy atom. The summed E-state index contributed by atoms with van der Waals surface area (Å²) in [5.41, 5.74) is 0.521. The lowest BCUT2D eigenvalue weighted by Gasteiger charge is -2.48. The predicted molar refractivity (Wildman–Crippen MR) is 136 cm³/mol. The molecule has 0 amide bonds. The summed E-state index contributed by atoms with van der Waals surface area (Å²) in [7, 11) is 0. The molecule has 0 nitrogen and oxygen atoms in total. The van der Waals surface area contributed by atoms with E-state index in [2.05, 4.69) is 55.4 Å². The molecule has 2 aliphatic rings. The Balaban J connectivity index is 1.74. The standard InChI is InChI=1S/C30H58/c1-9-11-15-26(24(5)29-21-23(29)4)16-12-13-19-30(7,8)25(6)28-18-17-27(28)20-22(3)14-10-2/h22-29H,9-21H2,1-8H3. The summed E-state index contributed by atoms with van der Waals surface area (Å²) in [6.07, 6.45) is 19.0. The first-order valence-corrected chi connectivity index (χ1v) is 14.2. The minimum atomic E-state index is 0.521. The van der Waals surface area contributed by atoms with E-state index in [0.29, 0.717) is 5.41 Å². The lowest BCUT2D eigenvalue weighted by atomic mass is 9.57. The molecule has 178 valence electrons. The molecule has 0 N–H and O–H groups in total. The smallest absolute Gasteiger partial charge is 0.0326 e. The van der Waals surface area contributed by atoms with Crippen molar-refractivity contribution in [3.05, 3.63) is 0 Å². The van der Waals surface area contributed by atoms with Gasteiger partial charge < -0.3 is 0 Å². The summed E-state index contributed by atoms with van der Waals surface area (Å²) in [6, 6.07) is 0. The van der Waals surface area contributed by atoms with Crippen molar-refractivity contribution in [1.82, 2.24) is 0 Å². The van der Waals surface area contributed by atoms with Crippen LogP contribution in [-0.4, -0.2) is 0 Å². The van der Waals surface area contributed by atoms with Gasteiger partial charge in [-0.2, -0.15) is 0 Å². The highest BCUT2D eigenvalue weighted by atomic mass is 14.5. The van der Waals surface area contributed by atoms with Crippen molar-refractivity contribution in [2.75, 3.05) is 0 Å². The highest BCUT2D eigenvalue weighted by Gasteiger charge is 2.42. The Morgan fingerprint density at radius 1 is 0.833 bits per heavy atom. The molecule has 0 aromatic heterocycles. The molecule has 2 fully saturated rings. The Kier molecular flexibility index (Phi) is 10.8. The third kappa shape index (κ3) is 7.55. The molecular weight excluding hydrogens is 360 g/mol. The second kappa shape index (κ2) is 12.3. The van der Waals surface area contributed by atoms with Crippen LogP contribution in [0.4, 0.5) is 0 Å². The third-order valence-corrected chi connectivity index (χ3v) is 10.0. The van der Waals surface area contributed by atoms with Gasteiger partial charge in [-0.15, -0.1) is 0 Å². The van der Waals surface area contributed by atoms with Gasteiger partial charge in [0.15, 0.2) is 0 Å². The van der Waals surface area contributed by atoms with Gasteiger partial charge in [0, 0.05) is 0 Å². The summed E-state index contributed by atoms with van der Waals surface area (Å²) < 4.78 is 0. The maximum absolute atomic E-state index is 2.60. The van der Waals surface area contributed by atoms with Gasteiger partial charge in [0.05, 0.1) is 0 Å². The van der Waals surface area contributed by atoms with Crippen LogP contribution in [0.25, 0.3) is 0 Å². The molecular formula is C30H58. The van der Waals surface area contributed by atoms with Crippen LogP contribution >= 0.6 is 0 Å². The number of hydrogen-bond acceptors (Lipinski definition) is 0. The van der Waals surface area contributed by atoms with Crippen LogP contribution in [0.1, 0.15) is 139 Å². The van der Waals surface area contributed by atoms with Crippen molar-refractivity contribution in [2.45, 2.75) is 139 Å². The van der Waals surface area contributed by atoms with E-state index in [1.807, 2.05) is 0 Å². The predicted octanol–water partition coefficient (Wildman–Crippen LogP) is 10.2. The lowest BCUT2D eigenvalue weighted by molar-refractivity contribution is 0.0203. The van der Waals surface area contributed by atoms with Gasteiger partial charge >= 0.3 is 0 Å². The van der Waals surface area contributed by atoms with Crippen molar-refractivity contribution in [3.8, 4) is 0 Å². The Bertz CT molecular complexity index is 463. The maximum Gasteiger partial charge on any atom is -0.0326 e. The number of hydrogen-bond donors (Lipinski definition) is 0. The summed E-state index contributed by atoms with van der Waals surface area (Å²) in [4.78, 5) is 0. The highest BCUT2D eigenvalue weighted by molar-refractivity contribution is 4.91. The van der Waals surface area contributed by atoms with E-state index in [1.54, 1.807) is 0 Å². The Hall–Kier alpha value is 0. The van der Waals surface area contributed by atoms with Crippen molar-refractivity contribution < 1.29 is 0 Å². The van der Waals surface area contributed by atoms with E-state index in [0.717, 1.165) is 47.3 Å². The summed E-state index contributed by atoms with van der Waals surface area (Å²) in [5, 5.41) is 0. The first-order chi connectivity index (χ1) is 14.2. The minimum absolute atomic E-state index is 0.521.